The average molecular weight is 297 g/mol. The summed E-state index contributed by atoms with van der Waals surface area (Å²) < 4.78 is 46.3. The van der Waals surface area contributed by atoms with Crippen molar-refractivity contribution in [1.82, 2.24) is 20.0 Å². The molecule has 21 heavy (non-hydrogen) atoms. The van der Waals surface area contributed by atoms with Crippen molar-refractivity contribution in [2.45, 2.75) is 6.61 Å². The third kappa shape index (κ3) is 2.02. The molecule has 0 saturated heterocycles. The molecule has 0 atom stereocenters. The van der Waals surface area contributed by atoms with Crippen LogP contribution >= 0.6 is 0 Å². The van der Waals surface area contributed by atoms with Crippen LogP contribution in [0.4, 0.5) is 19.0 Å². The van der Waals surface area contributed by atoms with Crippen molar-refractivity contribution < 1.29 is 17.9 Å². The summed E-state index contributed by atoms with van der Waals surface area (Å²) in [5.41, 5.74) is 6.07. The normalized spacial score (nSPS) is 11.4. The van der Waals surface area contributed by atoms with E-state index in [9.17, 15) is 13.2 Å². The van der Waals surface area contributed by atoms with Crippen molar-refractivity contribution in [3.8, 4) is 5.69 Å². The van der Waals surface area contributed by atoms with Gasteiger partial charge in [0.2, 0.25) is 0 Å². The lowest BCUT2D eigenvalue weighted by molar-refractivity contribution is 0.182. The van der Waals surface area contributed by atoms with E-state index in [1.54, 1.807) is 0 Å². The molecule has 0 aliphatic rings. The molecule has 0 amide bonds. The summed E-state index contributed by atoms with van der Waals surface area (Å²) in [6.07, 6.45) is 0. The largest absolute Gasteiger partial charge is 0.383 e. The van der Waals surface area contributed by atoms with E-state index in [1.165, 1.54) is 7.11 Å². The molecule has 1 aromatic carbocycles. The zero-order valence-electron chi connectivity index (χ0n) is 10.8. The van der Waals surface area contributed by atoms with E-state index < -0.39 is 17.5 Å². The van der Waals surface area contributed by atoms with Crippen molar-refractivity contribution in [2.75, 3.05) is 12.8 Å². The highest BCUT2D eigenvalue weighted by molar-refractivity contribution is 5.89. The Balaban J connectivity index is 2.28. The van der Waals surface area contributed by atoms with Crippen LogP contribution in [0.2, 0.25) is 0 Å². The van der Waals surface area contributed by atoms with Crippen LogP contribution in [-0.4, -0.2) is 27.1 Å². The van der Waals surface area contributed by atoms with Gasteiger partial charge in [-0.2, -0.15) is 10.2 Å². The van der Waals surface area contributed by atoms with Gasteiger partial charge in [0.15, 0.2) is 23.1 Å². The van der Waals surface area contributed by atoms with Crippen LogP contribution in [0.3, 0.4) is 0 Å². The summed E-state index contributed by atoms with van der Waals surface area (Å²) in [7, 11) is 1.46. The number of halogens is 3. The van der Waals surface area contributed by atoms with Crippen LogP contribution in [0.5, 0.6) is 0 Å². The second-order valence-electron chi connectivity index (χ2n) is 4.35. The van der Waals surface area contributed by atoms with Crippen LogP contribution in [0, 0.1) is 17.5 Å². The van der Waals surface area contributed by atoms with Gasteiger partial charge in [0.25, 0.3) is 0 Å². The summed E-state index contributed by atoms with van der Waals surface area (Å²) in [5.74, 6) is -3.21. The zero-order chi connectivity index (χ0) is 15.1. The molecule has 0 aliphatic heterocycles. The van der Waals surface area contributed by atoms with E-state index in [2.05, 4.69) is 15.3 Å². The molecule has 0 spiro atoms. The fourth-order valence-electron chi connectivity index (χ4n) is 2.08. The molecule has 6 nitrogen and oxygen atoms in total. The first-order valence-corrected chi connectivity index (χ1v) is 5.88. The first-order chi connectivity index (χ1) is 10.0. The molecule has 110 valence electrons. The van der Waals surface area contributed by atoms with Gasteiger partial charge in [-0.25, -0.2) is 17.9 Å². The van der Waals surface area contributed by atoms with Crippen molar-refractivity contribution in [1.29, 1.82) is 0 Å². The number of rotatable bonds is 3. The highest BCUT2D eigenvalue weighted by Gasteiger charge is 2.20. The minimum absolute atomic E-state index is 0.110. The molecule has 0 bridgehead atoms. The third-order valence-corrected chi connectivity index (χ3v) is 2.98. The number of nitrogens with one attached hydrogen (secondary N) is 1. The molecule has 0 radical (unpaired) electrons. The molecule has 3 N–H and O–H groups in total. The number of anilines is 1. The Hall–Kier alpha value is -2.55. The fourth-order valence-corrected chi connectivity index (χ4v) is 2.08. The molecule has 2 aromatic heterocycles. The Labute approximate surface area is 116 Å². The molecule has 9 heteroatoms. The van der Waals surface area contributed by atoms with Gasteiger partial charge in [-0.05, 0) is 0 Å². The van der Waals surface area contributed by atoms with Gasteiger partial charge in [-0.3, -0.25) is 5.10 Å². The first kappa shape index (κ1) is 13.4. The Morgan fingerprint density at radius 3 is 2.67 bits per heavy atom. The number of H-pyrrole nitrogens is 1. The number of nitrogens with two attached hydrogens (primary N) is 1. The van der Waals surface area contributed by atoms with E-state index in [0.717, 1.165) is 4.68 Å². The minimum atomic E-state index is -1.28. The molecule has 3 rings (SSSR count). The predicted molar refractivity (Wildman–Crippen MR) is 68.2 cm³/mol. The number of hydrogen-bond acceptors (Lipinski definition) is 4. The summed E-state index contributed by atoms with van der Waals surface area (Å²) in [4.78, 5) is 0. The number of benzene rings is 1. The fraction of sp³-hybridized carbons (Fsp3) is 0.167. The van der Waals surface area contributed by atoms with Crippen LogP contribution in [0.15, 0.2) is 12.1 Å². The second-order valence-corrected chi connectivity index (χ2v) is 4.35. The van der Waals surface area contributed by atoms with Gasteiger partial charge >= 0.3 is 0 Å². The molecule has 3 aromatic rings. The maximum Gasteiger partial charge on any atom is 0.187 e. The summed E-state index contributed by atoms with van der Waals surface area (Å²) in [5, 5.41) is 11.0. The predicted octanol–water partition coefficient (Wildman–Crippen LogP) is 1.89. The van der Waals surface area contributed by atoms with Gasteiger partial charge in [0.05, 0.1) is 12.0 Å². The van der Waals surface area contributed by atoms with E-state index in [-0.39, 0.29) is 23.8 Å². The number of fused-ring (bicyclic) bond motifs is 1. The van der Waals surface area contributed by atoms with Gasteiger partial charge < -0.3 is 10.5 Å². The standard InChI is InChI=1S/C12H10F3N5O/c1-21-4-8-10-11(16)17-18-12(10)20(19-8)9-3-6(14)5(13)2-7(9)15/h2-3H,4H2,1H3,(H3,16,17,18). The maximum atomic E-state index is 13.9. The van der Waals surface area contributed by atoms with Crippen molar-refractivity contribution in [3.63, 3.8) is 0 Å². The van der Waals surface area contributed by atoms with E-state index in [4.69, 9.17) is 10.5 Å². The Morgan fingerprint density at radius 2 is 1.95 bits per heavy atom. The molecule has 0 fully saturated rings. The van der Waals surface area contributed by atoms with E-state index >= 15 is 0 Å². The lowest BCUT2D eigenvalue weighted by Crippen LogP contribution is -2.04. The number of ether oxygens (including phenoxy) is 1. The van der Waals surface area contributed by atoms with Crippen LogP contribution < -0.4 is 5.73 Å². The number of hydrogen-bond donors (Lipinski definition) is 2. The number of aromatic nitrogens is 4. The van der Waals surface area contributed by atoms with Gasteiger partial charge in [0, 0.05) is 19.2 Å². The molecule has 2 heterocycles. The first-order valence-electron chi connectivity index (χ1n) is 5.88. The lowest BCUT2D eigenvalue weighted by atomic mass is 10.2. The highest BCUT2D eigenvalue weighted by atomic mass is 19.2. The van der Waals surface area contributed by atoms with Crippen LogP contribution in [0.1, 0.15) is 5.69 Å². The molecule has 0 saturated carbocycles. The summed E-state index contributed by atoms with van der Waals surface area (Å²) in [6.45, 7) is 0.110. The summed E-state index contributed by atoms with van der Waals surface area (Å²) >= 11 is 0. The van der Waals surface area contributed by atoms with E-state index in [1.807, 2.05) is 0 Å². The quantitative estimate of drug-likeness (QED) is 0.723. The Bertz CT molecular complexity index is 826. The molecule has 0 unspecified atom stereocenters. The number of methoxy groups -OCH3 is 1. The van der Waals surface area contributed by atoms with Crippen LogP contribution in [-0.2, 0) is 11.3 Å². The smallest absolute Gasteiger partial charge is 0.187 e. The van der Waals surface area contributed by atoms with Crippen molar-refractivity contribution in [2.24, 2.45) is 0 Å². The third-order valence-electron chi connectivity index (χ3n) is 2.98. The number of nitrogens with zero attached hydrogens (tertiary/aromatic N) is 3. The maximum absolute atomic E-state index is 13.9. The highest BCUT2D eigenvalue weighted by Crippen LogP contribution is 2.27. The van der Waals surface area contributed by atoms with Crippen molar-refractivity contribution >= 4 is 16.9 Å². The zero-order valence-corrected chi connectivity index (χ0v) is 10.8. The monoisotopic (exact) mass is 297 g/mol. The second kappa shape index (κ2) is 4.77. The van der Waals surface area contributed by atoms with Crippen molar-refractivity contribution in [3.05, 3.63) is 35.3 Å². The molecule has 0 aliphatic carbocycles. The lowest BCUT2D eigenvalue weighted by Gasteiger charge is -2.04. The van der Waals surface area contributed by atoms with Gasteiger partial charge in [-0.1, -0.05) is 0 Å². The topological polar surface area (TPSA) is 81.8 Å². The molecular weight excluding hydrogens is 287 g/mol. The summed E-state index contributed by atoms with van der Waals surface area (Å²) in [6, 6.07) is 1.16. The Morgan fingerprint density at radius 1 is 1.24 bits per heavy atom. The average Bonchev–Trinajstić information content (AvgIpc) is 2.97. The van der Waals surface area contributed by atoms with Crippen LogP contribution in [0.25, 0.3) is 16.7 Å². The molecular formula is C12H10F3N5O. The SMILES string of the molecule is COCc1nn(-c2cc(F)c(F)cc2F)c2n[nH]c(N)c12. The van der Waals surface area contributed by atoms with Gasteiger partial charge in [-0.15, -0.1) is 0 Å². The Kier molecular flexibility index (Phi) is 3.05. The number of aromatic amines is 1. The van der Waals surface area contributed by atoms with E-state index in [0.29, 0.717) is 23.2 Å². The number of nitrogen functional groups attached to an aromatic ring is 1. The van der Waals surface area contributed by atoms with Gasteiger partial charge in [0.1, 0.15) is 17.2 Å². The minimum Gasteiger partial charge on any atom is -0.383 e.